The second kappa shape index (κ2) is 8.77. The number of thiazole rings is 1. The Labute approximate surface area is 182 Å². The van der Waals surface area contributed by atoms with Crippen molar-refractivity contribution in [3.63, 3.8) is 0 Å². The van der Waals surface area contributed by atoms with Crippen molar-refractivity contribution in [3.05, 3.63) is 68.0 Å². The highest BCUT2D eigenvalue weighted by molar-refractivity contribution is 7.09. The molecule has 0 atom stereocenters. The molecular weight excluding hydrogens is 416 g/mol. The van der Waals surface area contributed by atoms with Gasteiger partial charge in [0.2, 0.25) is 16.9 Å². The zero-order valence-electron chi connectivity index (χ0n) is 17.5. The van der Waals surface area contributed by atoms with Crippen LogP contribution >= 0.6 is 11.3 Å². The topological polar surface area (TPSA) is 94.6 Å². The van der Waals surface area contributed by atoms with Crippen molar-refractivity contribution in [2.75, 3.05) is 13.7 Å². The zero-order valence-corrected chi connectivity index (χ0v) is 18.3. The zero-order chi connectivity index (χ0) is 22.0. The quantitative estimate of drug-likeness (QED) is 0.468. The predicted octanol–water partition coefficient (Wildman–Crippen LogP) is 4.04. The second-order valence-electron chi connectivity index (χ2n) is 7.18. The molecule has 1 amide bonds. The summed E-state index contributed by atoms with van der Waals surface area (Å²) in [5, 5.41) is 5.88. The first kappa shape index (κ1) is 20.9. The van der Waals surface area contributed by atoms with Crippen LogP contribution in [0.1, 0.15) is 22.0 Å². The summed E-state index contributed by atoms with van der Waals surface area (Å²) < 4.78 is 16.9. The number of amides is 1. The molecule has 0 fully saturated rings. The highest BCUT2D eigenvalue weighted by Crippen LogP contribution is 2.34. The van der Waals surface area contributed by atoms with E-state index in [9.17, 15) is 9.59 Å². The van der Waals surface area contributed by atoms with E-state index in [0.29, 0.717) is 41.4 Å². The number of hydrogen-bond donors (Lipinski definition) is 1. The van der Waals surface area contributed by atoms with Gasteiger partial charge in [-0.2, -0.15) is 0 Å². The molecule has 3 heterocycles. The molecule has 7 nitrogen and oxygen atoms in total. The highest BCUT2D eigenvalue weighted by atomic mass is 32.1. The lowest BCUT2D eigenvalue weighted by atomic mass is 10.1. The first-order valence-corrected chi connectivity index (χ1v) is 10.7. The maximum Gasteiger partial charge on any atom is 0.228 e. The number of methoxy groups -OCH3 is 1. The van der Waals surface area contributed by atoms with Crippen LogP contribution in [0, 0.1) is 13.8 Å². The predicted molar refractivity (Wildman–Crippen MR) is 119 cm³/mol. The fourth-order valence-corrected chi connectivity index (χ4v) is 4.12. The minimum atomic E-state index is -0.278. The number of nitrogens with one attached hydrogen (secondary N) is 1. The number of carbonyl (C=O) groups is 1. The van der Waals surface area contributed by atoms with E-state index in [0.717, 1.165) is 16.3 Å². The number of furan rings is 1. The van der Waals surface area contributed by atoms with Crippen LogP contribution in [0.3, 0.4) is 0 Å². The van der Waals surface area contributed by atoms with E-state index in [1.807, 2.05) is 24.4 Å². The number of nitrogens with zero attached hydrogens (tertiary/aromatic N) is 1. The largest absolute Gasteiger partial charge is 0.497 e. The molecule has 160 valence electrons. The molecule has 0 bridgehead atoms. The van der Waals surface area contributed by atoms with Crippen molar-refractivity contribution >= 4 is 28.4 Å². The van der Waals surface area contributed by atoms with E-state index >= 15 is 0 Å². The number of rotatable bonds is 7. The number of hydrogen-bond acceptors (Lipinski definition) is 7. The summed E-state index contributed by atoms with van der Waals surface area (Å²) in [6.07, 6.45) is 0.688. The molecule has 0 aliphatic carbocycles. The van der Waals surface area contributed by atoms with Gasteiger partial charge in [0.05, 0.1) is 24.1 Å². The van der Waals surface area contributed by atoms with Gasteiger partial charge >= 0.3 is 0 Å². The lowest BCUT2D eigenvalue weighted by Crippen LogP contribution is -2.27. The van der Waals surface area contributed by atoms with Crippen molar-refractivity contribution < 1.29 is 18.4 Å². The van der Waals surface area contributed by atoms with Gasteiger partial charge in [0.15, 0.2) is 5.58 Å². The Morgan fingerprint density at radius 2 is 1.94 bits per heavy atom. The monoisotopic (exact) mass is 438 g/mol. The minimum absolute atomic E-state index is 0.0254. The molecule has 0 aliphatic rings. The summed E-state index contributed by atoms with van der Waals surface area (Å²) in [5.74, 6) is 1.41. The number of aryl methyl sites for hydroxylation is 2. The van der Waals surface area contributed by atoms with Gasteiger partial charge in [-0.1, -0.05) is 0 Å². The first-order valence-electron chi connectivity index (χ1n) is 9.83. The Kier molecular flexibility index (Phi) is 5.90. The Morgan fingerprint density at radius 3 is 2.61 bits per heavy atom. The minimum Gasteiger partial charge on any atom is -0.497 e. The molecule has 4 rings (SSSR count). The fourth-order valence-electron chi connectivity index (χ4n) is 3.35. The summed E-state index contributed by atoms with van der Waals surface area (Å²) in [7, 11) is 1.59. The van der Waals surface area contributed by atoms with Crippen molar-refractivity contribution in [3.8, 4) is 17.1 Å². The van der Waals surface area contributed by atoms with Crippen LogP contribution in [-0.4, -0.2) is 24.5 Å². The maximum absolute atomic E-state index is 12.7. The molecule has 0 radical (unpaired) electrons. The van der Waals surface area contributed by atoms with Crippen molar-refractivity contribution in [1.82, 2.24) is 10.3 Å². The van der Waals surface area contributed by atoms with Gasteiger partial charge in [0.1, 0.15) is 17.3 Å². The van der Waals surface area contributed by atoms with E-state index in [-0.39, 0.29) is 23.3 Å². The molecule has 0 unspecified atom stereocenters. The average Bonchev–Trinajstić information content (AvgIpc) is 3.32. The summed E-state index contributed by atoms with van der Waals surface area (Å²) >= 11 is 1.58. The van der Waals surface area contributed by atoms with Gasteiger partial charge in [-0.3, -0.25) is 9.59 Å². The third kappa shape index (κ3) is 4.54. The van der Waals surface area contributed by atoms with Crippen LogP contribution in [0.25, 0.3) is 22.5 Å². The van der Waals surface area contributed by atoms with Crippen LogP contribution in [0.2, 0.25) is 0 Å². The third-order valence-electron chi connectivity index (χ3n) is 4.80. The summed E-state index contributed by atoms with van der Waals surface area (Å²) in [6.45, 7) is 4.11. The molecular formula is C23H22N2O5S. The molecule has 1 N–H and O–H groups in total. The molecule has 0 aliphatic heterocycles. The number of benzene rings is 1. The third-order valence-corrected chi connectivity index (χ3v) is 5.82. The normalized spacial score (nSPS) is 11.1. The van der Waals surface area contributed by atoms with E-state index in [4.69, 9.17) is 13.6 Å². The lowest BCUT2D eigenvalue weighted by molar-refractivity contribution is -0.120. The van der Waals surface area contributed by atoms with Crippen LogP contribution in [0.15, 0.2) is 49.3 Å². The van der Waals surface area contributed by atoms with Gasteiger partial charge in [-0.15, -0.1) is 11.3 Å². The molecule has 4 aromatic rings. The highest BCUT2D eigenvalue weighted by Gasteiger charge is 2.23. The smallest absolute Gasteiger partial charge is 0.228 e. The van der Waals surface area contributed by atoms with Crippen molar-refractivity contribution in [2.24, 2.45) is 0 Å². The Balaban J connectivity index is 1.62. The molecule has 0 saturated heterocycles. The van der Waals surface area contributed by atoms with Crippen LogP contribution in [0.4, 0.5) is 0 Å². The summed E-state index contributed by atoms with van der Waals surface area (Å²) in [4.78, 5) is 29.5. The van der Waals surface area contributed by atoms with Gasteiger partial charge in [0.25, 0.3) is 0 Å². The second-order valence-corrected chi connectivity index (χ2v) is 8.12. The van der Waals surface area contributed by atoms with E-state index in [1.165, 1.54) is 6.07 Å². The summed E-state index contributed by atoms with van der Waals surface area (Å²) in [5.41, 5.74) is 2.39. The standard InChI is InChI=1S/C23H22N2O5S/c1-13-12-31-20(25-13)8-9-24-19(27)11-17-21(15-4-6-16(28-3)7-5-15)30-23-18(26)10-14(2)29-22(17)23/h4-7,10,12H,8-9,11H2,1-3H3,(H,24,27). The van der Waals surface area contributed by atoms with Gasteiger partial charge < -0.3 is 18.9 Å². The van der Waals surface area contributed by atoms with Crippen molar-refractivity contribution in [1.29, 1.82) is 0 Å². The SMILES string of the molecule is COc1ccc(-c2oc3c(=O)cc(C)oc3c2CC(=O)NCCc2nc(C)cs2)cc1. The molecule has 0 saturated carbocycles. The molecule has 1 aromatic carbocycles. The number of ether oxygens (including phenoxy) is 1. The fraction of sp³-hybridized carbons (Fsp3) is 0.261. The Hall–Kier alpha value is -3.39. The average molecular weight is 439 g/mol. The van der Waals surface area contributed by atoms with Gasteiger partial charge in [0, 0.05) is 35.7 Å². The molecule has 8 heteroatoms. The Bertz CT molecular complexity index is 1280. The van der Waals surface area contributed by atoms with Crippen molar-refractivity contribution in [2.45, 2.75) is 26.7 Å². The molecule has 0 spiro atoms. The Morgan fingerprint density at radius 1 is 1.16 bits per heavy atom. The van der Waals surface area contributed by atoms with E-state index in [2.05, 4.69) is 10.3 Å². The van der Waals surface area contributed by atoms with Gasteiger partial charge in [-0.05, 0) is 38.1 Å². The maximum atomic E-state index is 12.7. The van der Waals surface area contributed by atoms with Crippen LogP contribution in [-0.2, 0) is 17.6 Å². The van der Waals surface area contributed by atoms with E-state index < -0.39 is 0 Å². The number of carbonyl (C=O) groups excluding carboxylic acids is 1. The number of fused-ring (bicyclic) bond motifs is 1. The lowest BCUT2D eigenvalue weighted by Gasteiger charge is -2.06. The van der Waals surface area contributed by atoms with Crippen LogP contribution in [0.5, 0.6) is 5.75 Å². The van der Waals surface area contributed by atoms with Crippen LogP contribution < -0.4 is 15.5 Å². The van der Waals surface area contributed by atoms with Gasteiger partial charge in [-0.25, -0.2) is 4.98 Å². The van der Waals surface area contributed by atoms with E-state index in [1.54, 1.807) is 37.5 Å². The first-order chi connectivity index (χ1) is 14.9. The molecule has 3 aromatic heterocycles. The summed E-state index contributed by atoms with van der Waals surface area (Å²) in [6, 6.07) is 8.61. The molecule has 31 heavy (non-hydrogen) atoms. The number of aromatic nitrogens is 1.